The van der Waals surface area contributed by atoms with Crippen LogP contribution in [0.2, 0.25) is 0 Å². The molecule has 0 aromatic rings. The second-order valence-electron chi connectivity index (χ2n) is 2.86. The summed E-state index contributed by atoms with van der Waals surface area (Å²) in [5, 5.41) is 0.337. The summed E-state index contributed by atoms with van der Waals surface area (Å²) < 4.78 is 0. The molecule has 0 saturated heterocycles. The molecule has 0 fully saturated rings. The Labute approximate surface area is 53.4 Å². The summed E-state index contributed by atoms with van der Waals surface area (Å²) in [4.78, 5) is 0. The van der Waals surface area contributed by atoms with E-state index in [4.69, 9.17) is 6.42 Å². The Morgan fingerprint density at radius 3 is 1.75 bits per heavy atom. The Hall–Kier alpha value is -0.0100. The zero-order chi connectivity index (χ0) is 6.78. The maximum Gasteiger partial charge on any atom is -0.00708 e. The predicted octanol–water partition coefficient (Wildman–Crippen LogP) is 2.49. The van der Waals surface area contributed by atoms with Gasteiger partial charge in [0.15, 0.2) is 0 Å². The maximum atomic E-state index is 5.24. The molecule has 1 unspecified atom stereocenters. The SMILES string of the molecule is C#CP(C)C(C)(C)C. The summed E-state index contributed by atoms with van der Waals surface area (Å²) in [6.45, 7) is 8.67. The summed E-state index contributed by atoms with van der Waals surface area (Å²) in [6.07, 6.45) is 5.24. The van der Waals surface area contributed by atoms with Gasteiger partial charge < -0.3 is 0 Å². The van der Waals surface area contributed by atoms with E-state index in [0.29, 0.717) is 5.16 Å². The van der Waals surface area contributed by atoms with Crippen molar-refractivity contribution in [2.45, 2.75) is 25.9 Å². The molecular weight excluding hydrogens is 115 g/mol. The van der Waals surface area contributed by atoms with E-state index in [0.717, 1.165) is 0 Å². The van der Waals surface area contributed by atoms with Crippen LogP contribution in [0.1, 0.15) is 20.8 Å². The molecule has 0 rings (SSSR count). The fourth-order valence-corrected chi connectivity index (χ4v) is 0.581. The second-order valence-corrected chi connectivity index (χ2v) is 5.58. The van der Waals surface area contributed by atoms with Crippen LogP contribution in [0.3, 0.4) is 0 Å². The molecule has 0 bridgehead atoms. The average molecular weight is 128 g/mol. The van der Waals surface area contributed by atoms with Crippen molar-refractivity contribution in [2.75, 3.05) is 6.66 Å². The summed E-state index contributed by atoms with van der Waals surface area (Å²) >= 11 is 0. The lowest BCUT2D eigenvalue weighted by atomic mass is 10.3. The van der Waals surface area contributed by atoms with E-state index in [1.54, 1.807) is 0 Å². The topological polar surface area (TPSA) is 0 Å². The fourth-order valence-electron chi connectivity index (χ4n) is 0.194. The summed E-state index contributed by atoms with van der Waals surface area (Å²) in [7, 11) is -0.192. The van der Waals surface area contributed by atoms with Gasteiger partial charge in [0, 0.05) is 0 Å². The van der Waals surface area contributed by atoms with Crippen LogP contribution in [0.25, 0.3) is 0 Å². The number of hydrogen-bond donors (Lipinski definition) is 0. The van der Waals surface area contributed by atoms with Crippen molar-refractivity contribution < 1.29 is 0 Å². The van der Waals surface area contributed by atoms with Gasteiger partial charge in [-0.15, -0.1) is 6.42 Å². The van der Waals surface area contributed by atoms with Crippen LogP contribution in [-0.4, -0.2) is 11.8 Å². The smallest absolute Gasteiger partial charge is 0.00708 e. The lowest BCUT2D eigenvalue weighted by Gasteiger charge is -2.21. The van der Waals surface area contributed by atoms with Crippen molar-refractivity contribution in [1.82, 2.24) is 0 Å². The lowest BCUT2D eigenvalue weighted by molar-refractivity contribution is 0.791. The van der Waals surface area contributed by atoms with Gasteiger partial charge >= 0.3 is 0 Å². The summed E-state index contributed by atoms with van der Waals surface area (Å²) in [6, 6.07) is 0. The van der Waals surface area contributed by atoms with Crippen LogP contribution in [0.5, 0.6) is 0 Å². The van der Waals surface area contributed by atoms with E-state index >= 15 is 0 Å². The quantitative estimate of drug-likeness (QED) is 0.347. The molecule has 0 heterocycles. The Balaban J connectivity index is 3.87. The normalized spacial score (nSPS) is 14.9. The summed E-state index contributed by atoms with van der Waals surface area (Å²) in [5.41, 5.74) is 2.77. The average Bonchev–Trinajstić information content (AvgIpc) is 1.62. The second kappa shape index (κ2) is 2.51. The third-order valence-corrected chi connectivity index (χ3v) is 3.60. The molecule has 0 aromatic heterocycles. The molecular formula is C7H13P. The van der Waals surface area contributed by atoms with Crippen molar-refractivity contribution in [3.8, 4) is 12.1 Å². The molecule has 0 N–H and O–H groups in total. The van der Waals surface area contributed by atoms with Gasteiger partial charge in [0.2, 0.25) is 0 Å². The number of rotatable bonds is 0. The van der Waals surface area contributed by atoms with Gasteiger partial charge in [-0.05, 0) is 19.7 Å². The minimum Gasteiger partial charge on any atom is -0.115 e. The first-order chi connectivity index (χ1) is 3.48. The van der Waals surface area contributed by atoms with E-state index < -0.39 is 0 Å². The molecule has 46 valence electrons. The Morgan fingerprint density at radius 2 is 1.75 bits per heavy atom. The van der Waals surface area contributed by atoms with Gasteiger partial charge in [-0.2, -0.15) is 0 Å². The van der Waals surface area contributed by atoms with Crippen LogP contribution in [0.4, 0.5) is 0 Å². The van der Waals surface area contributed by atoms with E-state index in [2.05, 4.69) is 33.1 Å². The van der Waals surface area contributed by atoms with Crippen molar-refractivity contribution >= 4 is 7.92 Å². The molecule has 0 radical (unpaired) electrons. The predicted molar refractivity (Wildman–Crippen MR) is 41.4 cm³/mol. The first-order valence-electron chi connectivity index (χ1n) is 2.68. The number of hydrogen-bond acceptors (Lipinski definition) is 0. The molecule has 0 aliphatic carbocycles. The molecule has 8 heavy (non-hydrogen) atoms. The zero-order valence-corrected chi connectivity index (χ0v) is 6.92. The van der Waals surface area contributed by atoms with Crippen LogP contribution in [-0.2, 0) is 0 Å². The van der Waals surface area contributed by atoms with Crippen molar-refractivity contribution in [3.05, 3.63) is 0 Å². The third kappa shape index (κ3) is 2.34. The molecule has 1 heteroatoms. The Morgan fingerprint density at radius 1 is 1.38 bits per heavy atom. The molecule has 0 saturated carbocycles. The van der Waals surface area contributed by atoms with E-state index in [1.807, 2.05) is 0 Å². The van der Waals surface area contributed by atoms with Gasteiger partial charge in [0.1, 0.15) is 0 Å². The zero-order valence-electron chi connectivity index (χ0n) is 6.02. The van der Waals surface area contributed by atoms with E-state index in [-0.39, 0.29) is 7.92 Å². The molecule has 0 amide bonds. The van der Waals surface area contributed by atoms with E-state index in [9.17, 15) is 0 Å². The molecule has 1 atom stereocenters. The summed E-state index contributed by atoms with van der Waals surface area (Å²) in [5.74, 6) is 0. The van der Waals surface area contributed by atoms with Gasteiger partial charge in [-0.3, -0.25) is 0 Å². The highest BCUT2D eigenvalue weighted by molar-refractivity contribution is 7.63. The molecule has 0 aliphatic heterocycles. The van der Waals surface area contributed by atoms with Crippen molar-refractivity contribution in [1.29, 1.82) is 0 Å². The lowest BCUT2D eigenvalue weighted by Crippen LogP contribution is -2.08. The third-order valence-electron chi connectivity index (χ3n) is 1.20. The van der Waals surface area contributed by atoms with Gasteiger partial charge in [0.25, 0.3) is 0 Å². The first-order valence-corrected chi connectivity index (χ1v) is 4.47. The monoisotopic (exact) mass is 128 g/mol. The van der Waals surface area contributed by atoms with E-state index in [1.165, 1.54) is 0 Å². The van der Waals surface area contributed by atoms with Crippen LogP contribution >= 0.6 is 7.92 Å². The van der Waals surface area contributed by atoms with Crippen molar-refractivity contribution in [3.63, 3.8) is 0 Å². The Kier molecular flexibility index (Phi) is 2.51. The van der Waals surface area contributed by atoms with Gasteiger partial charge in [-0.1, -0.05) is 26.4 Å². The molecule has 0 aromatic carbocycles. The molecule has 0 nitrogen and oxygen atoms in total. The highest BCUT2D eigenvalue weighted by Crippen LogP contribution is 2.43. The number of terminal acetylenes is 1. The minimum absolute atomic E-state index is 0.192. The van der Waals surface area contributed by atoms with Crippen LogP contribution < -0.4 is 0 Å². The van der Waals surface area contributed by atoms with Gasteiger partial charge in [0.05, 0.1) is 0 Å². The maximum absolute atomic E-state index is 5.24. The van der Waals surface area contributed by atoms with Gasteiger partial charge in [-0.25, -0.2) is 0 Å². The minimum atomic E-state index is -0.192. The highest BCUT2D eigenvalue weighted by atomic mass is 31.1. The van der Waals surface area contributed by atoms with Crippen LogP contribution in [0, 0.1) is 12.1 Å². The largest absolute Gasteiger partial charge is 0.115 e. The molecule has 0 aliphatic rings. The Bertz CT molecular complexity index is 103. The van der Waals surface area contributed by atoms with Crippen LogP contribution in [0.15, 0.2) is 0 Å². The standard InChI is InChI=1S/C7H13P/c1-6-8(5)7(2,3)4/h1H,2-5H3. The highest BCUT2D eigenvalue weighted by Gasteiger charge is 2.16. The molecule has 0 spiro atoms. The first kappa shape index (κ1) is 7.99. The fraction of sp³-hybridized carbons (Fsp3) is 0.714. The van der Waals surface area contributed by atoms with Crippen molar-refractivity contribution in [2.24, 2.45) is 0 Å².